The molecule has 7 nitrogen and oxygen atoms in total. The van der Waals surface area contributed by atoms with Crippen LogP contribution in [0.4, 0.5) is 0 Å². The summed E-state index contributed by atoms with van der Waals surface area (Å²) < 4.78 is 12.7. The minimum absolute atomic E-state index is 0.615. The maximum Gasteiger partial charge on any atom is 0.191 e. The molecular weight excluding hydrogens is 330 g/mol. The number of methoxy groups -OCH3 is 2. The maximum atomic E-state index is 5.42. The Kier molecular flexibility index (Phi) is 7.32. The summed E-state index contributed by atoms with van der Waals surface area (Å²) in [6.07, 6.45) is 0.967. The lowest BCUT2D eigenvalue weighted by molar-refractivity contribution is 0.390. The van der Waals surface area contributed by atoms with Gasteiger partial charge in [-0.25, -0.2) is 0 Å². The first kappa shape index (κ1) is 19.6. The number of aromatic nitrogens is 2. The van der Waals surface area contributed by atoms with Gasteiger partial charge in [-0.05, 0) is 38.5 Å². The number of nitrogens with zero attached hydrogens (tertiary/aromatic N) is 3. The molecule has 0 radical (unpaired) electrons. The van der Waals surface area contributed by atoms with Crippen molar-refractivity contribution >= 4 is 5.96 Å². The summed E-state index contributed by atoms with van der Waals surface area (Å²) in [5.41, 5.74) is 3.29. The fourth-order valence-corrected chi connectivity index (χ4v) is 2.73. The third kappa shape index (κ3) is 5.40. The highest BCUT2D eigenvalue weighted by atomic mass is 16.5. The molecule has 2 aromatic rings. The first-order valence-electron chi connectivity index (χ1n) is 8.74. The van der Waals surface area contributed by atoms with Crippen molar-refractivity contribution in [3.05, 3.63) is 41.2 Å². The lowest BCUT2D eigenvalue weighted by Crippen LogP contribution is -2.37. The normalized spacial score (nSPS) is 11.3. The Morgan fingerprint density at radius 1 is 1.15 bits per heavy atom. The van der Waals surface area contributed by atoms with Gasteiger partial charge in [0.05, 0.1) is 19.9 Å². The minimum atomic E-state index is 0.615. The number of aryl methyl sites for hydroxylation is 3. The molecule has 0 aliphatic rings. The summed E-state index contributed by atoms with van der Waals surface area (Å²) in [5.74, 6) is 2.32. The molecule has 0 aliphatic carbocycles. The zero-order valence-corrected chi connectivity index (χ0v) is 16.3. The largest absolute Gasteiger partial charge is 0.497 e. The Labute approximate surface area is 155 Å². The van der Waals surface area contributed by atoms with E-state index in [4.69, 9.17) is 9.47 Å². The van der Waals surface area contributed by atoms with E-state index in [-0.39, 0.29) is 0 Å². The average molecular weight is 359 g/mol. The van der Waals surface area contributed by atoms with E-state index in [1.54, 1.807) is 21.3 Å². The highest BCUT2D eigenvalue weighted by Crippen LogP contribution is 2.24. The van der Waals surface area contributed by atoms with Crippen LogP contribution in [-0.4, -0.2) is 43.6 Å². The van der Waals surface area contributed by atoms with Gasteiger partial charge in [-0.1, -0.05) is 0 Å². The number of rotatable bonds is 8. The quantitative estimate of drug-likeness (QED) is 0.430. The first-order valence-corrected chi connectivity index (χ1v) is 8.74. The Balaban J connectivity index is 1.80. The molecule has 0 unspecified atom stereocenters. The van der Waals surface area contributed by atoms with Crippen molar-refractivity contribution < 1.29 is 9.47 Å². The number of ether oxygens (including phenoxy) is 2. The second kappa shape index (κ2) is 9.70. The van der Waals surface area contributed by atoms with E-state index in [0.717, 1.165) is 48.2 Å². The molecular formula is C19H29N5O2. The van der Waals surface area contributed by atoms with Gasteiger partial charge in [0.1, 0.15) is 11.5 Å². The van der Waals surface area contributed by atoms with E-state index in [9.17, 15) is 0 Å². The van der Waals surface area contributed by atoms with E-state index < -0.39 is 0 Å². The molecule has 2 N–H and O–H groups in total. The summed E-state index contributed by atoms with van der Waals surface area (Å²) in [6, 6.07) is 7.88. The van der Waals surface area contributed by atoms with Gasteiger partial charge >= 0.3 is 0 Å². The van der Waals surface area contributed by atoms with Crippen molar-refractivity contribution in [1.82, 2.24) is 20.4 Å². The molecule has 7 heteroatoms. The number of guanidine groups is 1. The van der Waals surface area contributed by atoms with E-state index in [2.05, 4.69) is 33.7 Å². The zero-order chi connectivity index (χ0) is 18.9. The van der Waals surface area contributed by atoms with E-state index in [1.165, 1.54) is 5.69 Å². The Morgan fingerprint density at radius 3 is 2.58 bits per heavy atom. The van der Waals surface area contributed by atoms with Gasteiger partial charge in [0.25, 0.3) is 0 Å². The van der Waals surface area contributed by atoms with Crippen LogP contribution in [0.3, 0.4) is 0 Å². The molecule has 26 heavy (non-hydrogen) atoms. The van der Waals surface area contributed by atoms with Crippen molar-refractivity contribution in [1.29, 1.82) is 0 Å². The van der Waals surface area contributed by atoms with Crippen LogP contribution in [-0.2, 0) is 13.1 Å². The number of hydrogen-bond donors (Lipinski definition) is 2. The number of hydrogen-bond acceptors (Lipinski definition) is 4. The van der Waals surface area contributed by atoms with Crippen molar-refractivity contribution in [2.45, 2.75) is 33.4 Å². The van der Waals surface area contributed by atoms with Gasteiger partial charge in [0.15, 0.2) is 5.96 Å². The lowest BCUT2D eigenvalue weighted by Gasteiger charge is -2.14. The standard InChI is InChI=1S/C19H29N5O2/c1-14-11-15(2)24(23-14)10-6-9-21-19(20-3)22-13-16-7-8-17(25-4)12-18(16)26-5/h7-8,11-12H,6,9-10,13H2,1-5H3,(H2,20,21,22). The highest BCUT2D eigenvalue weighted by Gasteiger charge is 2.06. The summed E-state index contributed by atoms with van der Waals surface area (Å²) >= 11 is 0. The van der Waals surface area contributed by atoms with Gasteiger partial charge in [-0.15, -0.1) is 0 Å². The summed E-state index contributed by atoms with van der Waals surface area (Å²) in [4.78, 5) is 4.27. The van der Waals surface area contributed by atoms with Crippen LogP contribution in [0.5, 0.6) is 11.5 Å². The third-order valence-corrected chi connectivity index (χ3v) is 4.11. The van der Waals surface area contributed by atoms with Crippen LogP contribution in [0.15, 0.2) is 29.3 Å². The molecule has 2 rings (SSSR count). The maximum absolute atomic E-state index is 5.42. The smallest absolute Gasteiger partial charge is 0.191 e. The Bertz CT molecular complexity index is 740. The molecule has 0 saturated heterocycles. The molecule has 0 aliphatic heterocycles. The van der Waals surface area contributed by atoms with Crippen molar-refractivity contribution in [3.8, 4) is 11.5 Å². The van der Waals surface area contributed by atoms with Crippen LogP contribution in [0.2, 0.25) is 0 Å². The fraction of sp³-hybridized carbons (Fsp3) is 0.474. The molecule has 1 heterocycles. The fourth-order valence-electron chi connectivity index (χ4n) is 2.73. The molecule has 0 atom stereocenters. The molecule has 1 aromatic heterocycles. The SMILES string of the molecule is CN=C(NCCCn1nc(C)cc1C)NCc1ccc(OC)cc1OC. The molecule has 0 fully saturated rings. The average Bonchev–Trinajstić information content (AvgIpc) is 2.98. The molecule has 0 bridgehead atoms. The lowest BCUT2D eigenvalue weighted by atomic mass is 10.2. The van der Waals surface area contributed by atoms with Crippen LogP contribution in [0, 0.1) is 13.8 Å². The van der Waals surface area contributed by atoms with E-state index in [0.29, 0.717) is 6.54 Å². The summed E-state index contributed by atoms with van der Waals surface area (Å²) in [6.45, 7) is 6.41. The number of benzene rings is 1. The van der Waals surface area contributed by atoms with Gasteiger partial charge in [-0.2, -0.15) is 5.10 Å². The van der Waals surface area contributed by atoms with Crippen LogP contribution in [0.25, 0.3) is 0 Å². The predicted octanol–water partition coefficient (Wildman–Crippen LogP) is 2.27. The second-order valence-electron chi connectivity index (χ2n) is 6.03. The Morgan fingerprint density at radius 2 is 1.96 bits per heavy atom. The number of aliphatic imine (C=N–C) groups is 1. The summed E-state index contributed by atoms with van der Waals surface area (Å²) in [7, 11) is 5.07. The number of nitrogens with one attached hydrogen (secondary N) is 2. The van der Waals surface area contributed by atoms with Gasteiger partial charge in [0.2, 0.25) is 0 Å². The summed E-state index contributed by atoms with van der Waals surface area (Å²) in [5, 5.41) is 11.1. The van der Waals surface area contributed by atoms with Crippen molar-refractivity contribution in [3.63, 3.8) is 0 Å². The van der Waals surface area contributed by atoms with Crippen LogP contribution in [0.1, 0.15) is 23.4 Å². The Hall–Kier alpha value is -2.70. The molecule has 0 spiro atoms. The van der Waals surface area contributed by atoms with E-state index in [1.807, 2.05) is 29.8 Å². The predicted molar refractivity (Wildman–Crippen MR) is 104 cm³/mol. The molecule has 1 aromatic carbocycles. The van der Waals surface area contributed by atoms with Crippen molar-refractivity contribution in [2.24, 2.45) is 4.99 Å². The van der Waals surface area contributed by atoms with Gasteiger partial charge in [-0.3, -0.25) is 9.67 Å². The minimum Gasteiger partial charge on any atom is -0.497 e. The highest BCUT2D eigenvalue weighted by molar-refractivity contribution is 5.79. The van der Waals surface area contributed by atoms with Crippen molar-refractivity contribution in [2.75, 3.05) is 27.8 Å². The zero-order valence-electron chi connectivity index (χ0n) is 16.3. The second-order valence-corrected chi connectivity index (χ2v) is 6.03. The van der Waals surface area contributed by atoms with Gasteiger partial charge in [0, 0.05) is 44.0 Å². The van der Waals surface area contributed by atoms with Gasteiger partial charge < -0.3 is 20.1 Å². The third-order valence-electron chi connectivity index (χ3n) is 4.11. The van der Waals surface area contributed by atoms with Crippen LogP contribution < -0.4 is 20.1 Å². The topological polar surface area (TPSA) is 72.7 Å². The monoisotopic (exact) mass is 359 g/mol. The molecule has 142 valence electrons. The van der Waals surface area contributed by atoms with Crippen LogP contribution >= 0.6 is 0 Å². The molecule has 0 amide bonds. The molecule has 0 saturated carbocycles. The first-order chi connectivity index (χ1) is 12.6. The van der Waals surface area contributed by atoms with E-state index >= 15 is 0 Å².